The van der Waals surface area contributed by atoms with E-state index in [0.29, 0.717) is 15.3 Å². The van der Waals surface area contributed by atoms with Gasteiger partial charge in [0.05, 0.1) is 6.61 Å². The van der Waals surface area contributed by atoms with Crippen molar-refractivity contribution in [2.24, 2.45) is 0 Å². The van der Waals surface area contributed by atoms with Gasteiger partial charge in [-0.25, -0.2) is 0 Å². The van der Waals surface area contributed by atoms with Gasteiger partial charge in [0.25, 0.3) is 5.88 Å². The number of aromatic nitrogens is 4. The van der Waals surface area contributed by atoms with Gasteiger partial charge in [0, 0.05) is 7.05 Å². The molecule has 0 aliphatic rings. The van der Waals surface area contributed by atoms with Gasteiger partial charge >= 0.3 is 11.1 Å². The maximum Gasteiger partial charge on any atom is 0.335 e. The third-order valence-corrected chi connectivity index (χ3v) is 4.39. The summed E-state index contributed by atoms with van der Waals surface area (Å²) >= 11 is 3.11. The minimum Gasteiger partial charge on any atom is -0.473 e. The molecule has 2 rings (SSSR count). The van der Waals surface area contributed by atoms with E-state index in [-0.39, 0.29) is 11.7 Å². The largest absolute Gasteiger partial charge is 0.473 e. The normalized spacial score (nSPS) is 10.3. The van der Waals surface area contributed by atoms with Crippen molar-refractivity contribution in [3.63, 3.8) is 0 Å². The lowest BCUT2D eigenvalue weighted by Gasteiger charge is -2.00. The first-order chi connectivity index (χ1) is 9.63. The molecule has 0 atom stereocenters. The molecular weight excluding hydrogens is 322 g/mol. The van der Waals surface area contributed by atoms with Gasteiger partial charge in [-0.05, 0) is 41.8 Å². The molecular formula is C9H9N5O3S3. The monoisotopic (exact) mass is 331 g/mol. The number of nitrogens with zero attached hydrogens (tertiary/aromatic N) is 4. The Balaban J connectivity index is 2.22. The van der Waals surface area contributed by atoms with Crippen LogP contribution in [0.1, 0.15) is 6.92 Å². The van der Waals surface area contributed by atoms with Crippen LogP contribution in [-0.2, 0) is 0 Å². The van der Waals surface area contributed by atoms with Crippen molar-refractivity contribution < 1.29 is 4.74 Å². The number of nitrogens with one attached hydrogen (secondary N) is 1. The van der Waals surface area contributed by atoms with Gasteiger partial charge in [0.15, 0.2) is 8.68 Å². The maximum absolute atomic E-state index is 11.6. The second-order valence-corrected chi connectivity index (χ2v) is 6.17. The number of rotatable bonds is 5. The smallest absolute Gasteiger partial charge is 0.335 e. The van der Waals surface area contributed by atoms with Crippen molar-refractivity contribution in [1.29, 1.82) is 0 Å². The van der Waals surface area contributed by atoms with Crippen molar-refractivity contribution in [3.8, 4) is 5.88 Å². The molecule has 0 aliphatic heterocycles. The molecule has 106 valence electrons. The summed E-state index contributed by atoms with van der Waals surface area (Å²) in [6, 6.07) is 0. The second-order valence-electron chi connectivity index (χ2n) is 3.17. The summed E-state index contributed by atoms with van der Waals surface area (Å²) in [4.78, 5) is 30.7. The zero-order chi connectivity index (χ0) is 14.5. The second kappa shape index (κ2) is 6.72. The van der Waals surface area contributed by atoms with Crippen molar-refractivity contribution in [2.45, 2.75) is 15.6 Å². The molecule has 8 nitrogen and oxygen atoms in total. The van der Waals surface area contributed by atoms with Crippen molar-refractivity contribution in [1.82, 2.24) is 18.7 Å². The third-order valence-electron chi connectivity index (χ3n) is 1.89. The topological polar surface area (TPSA) is 107 Å². The van der Waals surface area contributed by atoms with Crippen LogP contribution in [0.5, 0.6) is 5.88 Å². The Bertz CT molecular complexity index is 716. The van der Waals surface area contributed by atoms with Gasteiger partial charge in [-0.3, -0.25) is 9.59 Å². The summed E-state index contributed by atoms with van der Waals surface area (Å²) in [6.45, 7) is 2.10. The van der Waals surface area contributed by atoms with Crippen molar-refractivity contribution in [3.05, 3.63) is 20.7 Å². The van der Waals surface area contributed by atoms with Gasteiger partial charge in [0.1, 0.15) is 0 Å². The summed E-state index contributed by atoms with van der Waals surface area (Å²) in [7, 11) is 1.59. The Hall–Kier alpha value is -1.59. The van der Waals surface area contributed by atoms with Crippen LogP contribution in [0, 0.1) is 0 Å². The van der Waals surface area contributed by atoms with E-state index in [2.05, 4.69) is 24.0 Å². The summed E-state index contributed by atoms with van der Waals surface area (Å²) in [5, 5.41) is 2.64. The fourth-order valence-electron chi connectivity index (χ4n) is 1.09. The zero-order valence-corrected chi connectivity index (χ0v) is 12.9. The highest BCUT2D eigenvalue weighted by atomic mass is 32.2. The lowest BCUT2D eigenvalue weighted by atomic mass is 10.7. The van der Waals surface area contributed by atoms with Crippen LogP contribution < -0.4 is 21.2 Å². The quantitative estimate of drug-likeness (QED) is 0.847. The van der Waals surface area contributed by atoms with Gasteiger partial charge < -0.3 is 10.1 Å². The first-order valence-electron chi connectivity index (χ1n) is 5.38. The van der Waals surface area contributed by atoms with Crippen molar-refractivity contribution >= 4 is 40.6 Å². The SMILES string of the molecule is CCOc1nsc(Sc2nc(=O)c(NC)ns2)nc1=O. The molecule has 2 heterocycles. The lowest BCUT2D eigenvalue weighted by Crippen LogP contribution is -2.13. The van der Waals surface area contributed by atoms with E-state index in [0.717, 1.165) is 34.8 Å². The van der Waals surface area contributed by atoms with Gasteiger partial charge in [-0.15, -0.1) is 4.37 Å². The molecule has 0 amide bonds. The van der Waals surface area contributed by atoms with Gasteiger partial charge in [-0.2, -0.15) is 14.3 Å². The number of hydrogen-bond acceptors (Lipinski definition) is 11. The highest BCUT2D eigenvalue weighted by Gasteiger charge is 2.10. The molecule has 0 fully saturated rings. The van der Waals surface area contributed by atoms with Crippen LogP contribution in [0.15, 0.2) is 18.3 Å². The van der Waals surface area contributed by atoms with E-state index in [1.807, 2.05) is 0 Å². The molecule has 0 saturated carbocycles. The van der Waals surface area contributed by atoms with Crippen LogP contribution >= 0.6 is 34.8 Å². The molecule has 0 radical (unpaired) electrons. The predicted octanol–water partition coefficient (Wildman–Crippen LogP) is 0.702. The fraction of sp³-hybridized carbons (Fsp3) is 0.333. The van der Waals surface area contributed by atoms with E-state index in [1.165, 1.54) is 0 Å². The molecule has 0 spiro atoms. The van der Waals surface area contributed by atoms with Crippen LogP contribution in [0.2, 0.25) is 0 Å². The molecule has 1 N–H and O–H groups in total. The molecule has 0 aliphatic carbocycles. The number of anilines is 1. The Morgan fingerprint density at radius 3 is 2.35 bits per heavy atom. The molecule has 0 bridgehead atoms. The van der Waals surface area contributed by atoms with Crippen LogP contribution in [0.3, 0.4) is 0 Å². The highest BCUT2D eigenvalue weighted by molar-refractivity contribution is 8.02. The molecule has 0 unspecified atom stereocenters. The zero-order valence-electron chi connectivity index (χ0n) is 10.4. The predicted molar refractivity (Wildman–Crippen MR) is 77.2 cm³/mol. The van der Waals surface area contributed by atoms with E-state index >= 15 is 0 Å². The first kappa shape index (κ1) is 14.8. The van der Waals surface area contributed by atoms with E-state index in [1.54, 1.807) is 14.0 Å². The van der Waals surface area contributed by atoms with Crippen LogP contribution in [-0.4, -0.2) is 32.4 Å². The number of hydrogen-bond donors (Lipinski definition) is 1. The molecule has 0 aromatic carbocycles. The Morgan fingerprint density at radius 1 is 1.15 bits per heavy atom. The minimum atomic E-state index is -0.541. The van der Waals surface area contributed by atoms with E-state index in [4.69, 9.17) is 4.74 Å². The molecule has 2 aromatic rings. The van der Waals surface area contributed by atoms with Gasteiger partial charge in [0.2, 0.25) is 5.82 Å². The van der Waals surface area contributed by atoms with Crippen molar-refractivity contribution in [2.75, 3.05) is 19.0 Å². The standard InChI is InChI=1S/C9H9N5O3S3/c1-3-17-7-6(16)12-9(20-14-7)18-8-11-5(15)4(10-2)13-19-8/h3H2,1-2H3,(H,10,13). The lowest BCUT2D eigenvalue weighted by molar-refractivity contribution is 0.324. The van der Waals surface area contributed by atoms with Gasteiger partial charge in [-0.1, -0.05) is 0 Å². The minimum absolute atomic E-state index is 0.0216. The fourth-order valence-corrected chi connectivity index (χ4v) is 3.52. The molecule has 0 saturated heterocycles. The summed E-state index contributed by atoms with van der Waals surface area (Å²) in [5.74, 6) is 0.164. The van der Waals surface area contributed by atoms with E-state index in [9.17, 15) is 9.59 Å². The summed E-state index contributed by atoms with van der Waals surface area (Å²) in [6.07, 6.45) is 0. The highest BCUT2D eigenvalue weighted by Crippen LogP contribution is 2.27. The maximum atomic E-state index is 11.6. The molecule has 11 heteroatoms. The summed E-state index contributed by atoms with van der Waals surface area (Å²) < 4.78 is 13.7. The molecule has 20 heavy (non-hydrogen) atoms. The Morgan fingerprint density at radius 2 is 1.80 bits per heavy atom. The van der Waals surface area contributed by atoms with Crippen LogP contribution in [0.4, 0.5) is 5.82 Å². The Kier molecular flexibility index (Phi) is 4.98. The average molecular weight is 331 g/mol. The number of ether oxygens (including phenoxy) is 1. The first-order valence-corrected chi connectivity index (χ1v) is 7.74. The third kappa shape index (κ3) is 3.49. The summed E-state index contributed by atoms with van der Waals surface area (Å²) in [5.41, 5.74) is -1.000. The molecule has 2 aromatic heterocycles. The average Bonchev–Trinajstić information content (AvgIpc) is 2.42. The van der Waals surface area contributed by atoms with E-state index < -0.39 is 11.1 Å². The van der Waals surface area contributed by atoms with Crippen LogP contribution in [0.25, 0.3) is 0 Å². The Labute approximate surface area is 125 Å².